The number of methoxy groups -OCH3 is 1. The molecular weight excluding hydrogens is 326 g/mol. The Morgan fingerprint density at radius 1 is 1.37 bits per heavy atom. The van der Waals surface area contributed by atoms with Gasteiger partial charge in [-0.2, -0.15) is 0 Å². The highest BCUT2D eigenvalue weighted by Gasteiger charge is 2.15. The second-order valence-electron chi connectivity index (χ2n) is 4.32. The molecule has 1 atom stereocenters. The lowest BCUT2D eigenvalue weighted by Crippen LogP contribution is -2.02. The Balaban J connectivity index is 2.27. The first-order valence-corrected chi connectivity index (χ1v) is 7.29. The van der Waals surface area contributed by atoms with Gasteiger partial charge in [0, 0.05) is 33.7 Å². The second-order valence-corrected chi connectivity index (χ2v) is 5.87. The molecule has 2 nitrogen and oxygen atoms in total. The van der Waals surface area contributed by atoms with E-state index in [0.29, 0.717) is 5.02 Å². The third-order valence-electron chi connectivity index (χ3n) is 3.02. The van der Waals surface area contributed by atoms with E-state index < -0.39 is 0 Å². The summed E-state index contributed by atoms with van der Waals surface area (Å²) >= 11 is 9.76. The Labute approximate surface area is 126 Å². The van der Waals surface area contributed by atoms with Crippen LogP contribution in [0.1, 0.15) is 21.6 Å². The number of aromatic nitrogens is 1. The van der Waals surface area contributed by atoms with Gasteiger partial charge >= 0.3 is 0 Å². The summed E-state index contributed by atoms with van der Waals surface area (Å²) in [7, 11) is 1.67. The van der Waals surface area contributed by atoms with Crippen LogP contribution >= 0.6 is 27.5 Å². The molecule has 2 aromatic rings. The molecule has 2 rings (SSSR count). The van der Waals surface area contributed by atoms with Crippen molar-refractivity contribution in [3.63, 3.8) is 0 Å². The third kappa shape index (κ3) is 3.48. The lowest BCUT2D eigenvalue weighted by molar-refractivity contribution is 0.409. The fourth-order valence-corrected chi connectivity index (χ4v) is 2.81. The minimum atomic E-state index is 0.120. The standard InChI is InChI=1S/C15H15BrClNO/c1-10-4-3-7-18-14(10)9-13(16)12-8-11(17)5-6-15(12)19-2/h3-8,13H,9H2,1-2H3. The molecule has 1 unspecified atom stereocenters. The number of hydrogen-bond donors (Lipinski definition) is 0. The summed E-state index contributed by atoms with van der Waals surface area (Å²) in [5.41, 5.74) is 3.31. The van der Waals surface area contributed by atoms with Crippen molar-refractivity contribution in [2.75, 3.05) is 7.11 Å². The van der Waals surface area contributed by atoms with Crippen molar-refractivity contribution in [1.29, 1.82) is 0 Å². The molecule has 1 heterocycles. The zero-order chi connectivity index (χ0) is 13.8. The van der Waals surface area contributed by atoms with E-state index in [0.717, 1.165) is 23.4 Å². The number of alkyl halides is 1. The number of halogens is 2. The Bertz CT molecular complexity index is 574. The Hall–Kier alpha value is -1.06. The van der Waals surface area contributed by atoms with Gasteiger partial charge < -0.3 is 4.74 Å². The van der Waals surface area contributed by atoms with E-state index in [1.807, 2.05) is 30.5 Å². The van der Waals surface area contributed by atoms with Crippen LogP contribution in [-0.4, -0.2) is 12.1 Å². The summed E-state index contributed by atoms with van der Waals surface area (Å²) in [5.74, 6) is 0.833. The molecular formula is C15H15BrClNO. The molecule has 0 aliphatic carbocycles. The van der Waals surface area contributed by atoms with Crippen molar-refractivity contribution < 1.29 is 4.74 Å². The molecule has 0 amide bonds. The molecule has 1 aromatic carbocycles. The first kappa shape index (κ1) is 14.4. The topological polar surface area (TPSA) is 22.1 Å². The fourth-order valence-electron chi connectivity index (χ4n) is 1.96. The molecule has 0 bridgehead atoms. The molecule has 0 saturated carbocycles. The van der Waals surface area contributed by atoms with E-state index in [2.05, 4.69) is 33.9 Å². The van der Waals surface area contributed by atoms with E-state index >= 15 is 0 Å². The number of rotatable bonds is 4. The second kappa shape index (κ2) is 6.40. The van der Waals surface area contributed by atoms with Crippen LogP contribution in [0.2, 0.25) is 5.02 Å². The molecule has 0 saturated heterocycles. The van der Waals surface area contributed by atoms with Crippen LogP contribution in [0.15, 0.2) is 36.5 Å². The number of pyridine rings is 1. The number of benzene rings is 1. The zero-order valence-corrected chi connectivity index (χ0v) is 13.2. The molecule has 1 aromatic heterocycles. The number of ether oxygens (including phenoxy) is 1. The van der Waals surface area contributed by atoms with Crippen LogP contribution < -0.4 is 4.74 Å². The van der Waals surface area contributed by atoms with Gasteiger partial charge in [0.05, 0.1) is 7.11 Å². The summed E-state index contributed by atoms with van der Waals surface area (Å²) < 4.78 is 5.38. The average molecular weight is 341 g/mol. The highest BCUT2D eigenvalue weighted by Crippen LogP contribution is 2.35. The summed E-state index contributed by atoms with van der Waals surface area (Å²) in [6.45, 7) is 2.07. The Morgan fingerprint density at radius 3 is 2.84 bits per heavy atom. The van der Waals surface area contributed by atoms with Crippen LogP contribution in [0.4, 0.5) is 0 Å². The van der Waals surface area contributed by atoms with Gasteiger partial charge in [0.25, 0.3) is 0 Å². The van der Waals surface area contributed by atoms with Gasteiger partial charge in [-0.25, -0.2) is 0 Å². The maximum Gasteiger partial charge on any atom is 0.123 e. The lowest BCUT2D eigenvalue weighted by Gasteiger charge is -2.15. The normalized spacial score (nSPS) is 12.2. The summed E-state index contributed by atoms with van der Waals surface area (Å²) in [4.78, 5) is 4.54. The van der Waals surface area contributed by atoms with E-state index in [4.69, 9.17) is 16.3 Å². The molecule has 0 fully saturated rings. The van der Waals surface area contributed by atoms with Gasteiger partial charge in [0.1, 0.15) is 5.75 Å². The third-order valence-corrected chi connectivity index (χ3v) is 4.07. The monoisotopic (exact) mass is 339 g/mol. The molecule has 0 radical (unpaired) electrons. The van der Waals surface area contributed by atoms with Crippen molar-refractivity contribution >= 4 is 27.5 Å². The van der Waals surface area contributed by atoms with Crippen molar-refractivity contribution in [3.05, 3.63) is 58.4 Å². The van der Waals surface area contributed by atoms with Gasteiger partial charge in [0.2, 0.25) is 0 Å². The minimum absolute atomic E-state index is 0.120. The van der Waals surface area contributed by atoms with E-state index in [1.54, 1.807) is 7.11 Å². The smallest absolute Gasteiger partial charge is 0.123 e. The number of aryl methyl sites for hydroxylation is 1. The van der Waals surface area contributed by atoms with Crippen LogP contribution in [0, 0.1) is 6.92 Å². The molecule has 4 heteroatoms. The first-order valence-electron chi connectivity index (χ1n) is 6.00. The molecule has 100 valence electrons. The number of nitrogens with zero attached hydrogens (tertiary/aromatic N) is 1. The predicted octanol–water partition coefficient (Wildman–Crippen LogP) is 4.73. The van der Waals surface area contributed by atoms with Gasteiger partial charge in [-0.15, -0.1) is 0 Å². The number of hydrogen-bond acceptors (Lipinski definition) is 2. The van der Waals surface area contributed by atoms with Gasteiger partial charge in [-0.1, -0.05) is 33.6 Å². The molecule has 19 heavy (non-hydrogen) atoms. The van der Waals surface area contributed by atoms with E-state index in [1.165, 1.54) is 5.56 Å². The zero-order valence-electron chi connectivity index (χ0n) is 10.9. The largest absolute Gasteiger partial charge is 0.496 e. The highest BCUT2D eigenvalue weighted by molar-refractivity contribution is 9.09. The summed E-state index contributed by atoms with van der Waals surface area (Å²) in [6, 6.07) is 9.66. The molecule has 0 aliphatic heterocycles. The quantitative estimate of drug-likeness (QED) is 0.751. The summed E-state index contributed by atoms with van der Waals surface area (Å²) in [6.07, 6.45) is 2.61. The maximum atomic E-state index is 6.06. The Kier molecular flexibility index (Phi) is 4.83. The Morgan fingerprint density at radius 2 is 2.16 bits per heavy atom. The van der Waals surface area contributed by atoms with E-state index in [-0.39, 0.29) is 4.83 Å². The summed E-state index contributed by atoms with van der Waals surface area (Å²) in [5, 5.41) is 0.706. The molecule has 0 spiro atoms. The van der Waals surface area contributed by atoms with Gasteiger partial charge in [0.15, 0.2) is 0 Å². The van der Waals surface area contributed by atoms with E-state index in [9.17, 15) is 0 Å². The SMILES string of the molecule is COc1ccc(Cl)cc1C(Br)Cc1ncccc1C. The van der Waals surface area contributed by atoms with Crippen molar-refractivity contribution in [1.82, 2.24) is 4.98 Å². The maximum absolute atomic E-state index is 6.06. The van der Waals surface area contributed by atoms with Crippen LogP contribution in [0.25, 0.3) is 0 Å². The lowest BCUT2D eigenvalue weighted by atomic mass is 10.0. The van der Waals surface area contributed by atoms with Gasteiger partial charge in [-0.3, -0.25) is 4.98 Å². The van der Waals surface area contributed by atoms with Crippen LogP contribution in [0.5, 0.6) is 5.75 Å². The molecule has 0 N–H and O–H groups in total. The average Bonchev–Trinajstić information content (AvgIpc) is 2.41. The van der Waals surface area contributed by atoms with Gasteiger partial charge in [-0.05, 0) is 36.8 Å². The van der Waals surface area contributed by atoms with Crippen molar-refractivity contribution in [3.8, 4) is 5.75 Å². The fraction of sp³-hybridized carbons (Fsp3) is 0.267. The molecule has 0 aliphatic rings. The minimum Gasteiger partial charge on any atom is -0.496 e. The van der Waals surface area contributed by atoms with Crippen molar-refractivity contribution in [2.24, 2.45) is 0 Å². The highest BCUT2D eigenvalue weighted by atomic mass is 79.9. The van der Waals surface area contributed by atoms with Crippen LogP contribution in [-0.2, 0) is 6.42 Å². The first-order chi connectivity index (χ1) is 9.11. The van der Waals surface area contributed by atoms with Crippen LogP contribution in [0.3, 0.4) is 0 Å². The van der Waals surface area contributed by atoms with Crippen molar-refractivity contribution in [2.45, 2.75) is 18.2 Å². The predicted molar refractivity (Wildman–Crippen MR) is 82.4 cm³/mol.